The first-order valence-electron chi connectivity index (χ1n) is 7.82. The predicted molar refractivity (Wildman–Crippen MR) is 94.5 cm³/mol. The van der Waals surface area contributed by atoms with Crippen LogP contribution in [0.15, 0.2) is 48.5 Å². The summed E-state index contributed by atoms with van der Waals surface area (Å²) >= 11 is 5.77. The van der Waals surface area contributed by atoms with Crippen molar-refractivity contribution in [1.29, 1.82) is 0 Å². The highest BCUT2D eigenvalue weighted by Gasteiger charge is 2.19. The molecular weight excluding hydrogens is 361 g/mol. The van der Waals surface area contributed by atoms with Gasteiger partial charge in [-0.25, -0.2) is 9.18 Å². The van der Waals surface area contributed by atoms with E-state index in [-0.39, 0.29) is 16.4 Å². The fraction of sp³-hybridized carbons (Fsp3) is 0.211. The van der Waals surface area contributed by atoms with Crippen LogP contribution in [0.25, 0.3) is 0 Å². The van der Waals surface area contributed by atoms with Gasteiger partial charge in [0.05, 0.1) is 16.6 Å². The molecule has 0 aliphatic rings. The molecule has 0 spiro atoms. The number of Topliss-reactive ketones (excluding diaryl/α,β-unsaturated/α-hetero) is 1. The first-order valence-corrected chi connectivity index (χ1v) is 8.20. The molecule has 0 bridgehead atoms. The van der Waals surface area contributed by atoms with Crippen LogP contribution in [-0.4, -0.2) is 30.3 Å². The molecule has 0 saturated heterocycles. The monoisotopic (exact) mass is 377 g/mol. The summed E-state index contributed by atoms with van der Waals surface area (Å²) in [5.74, 6) is -2.27. The van der Waals surface area contributed by atoms with Gasteiger partial charge in [-0.05, 0) is 37.1 Å². The number of hydrogen-bond donors (Lipinski definition) is 1. The van der Waals surface area contributed by atoms with Gasteiger partial charge in [0.15, 0.2) is 12.4 Å². The van der Waals surface area contributed by atoms with E-state index in [1.807, 2.05) is 30.3 Å². The summed E-state index contributed by atoms with van der Waals surface area (Å²) in [4.78, 5) is 35.6. The van der Waals surface area contributed by atoms with Gasteiger partial charge in [0.2, 0.25) is 0 Å². The van der Waals surface area contributed by atoms with Gasteiger partial charge in [-0.1, -0.05) is 41.9 Å². The summed E-state index contributed by atoms with van der Waals surface area (Å²) in [5, 5.41) is 2.43. The summed E-state index contributed by atoms with van der Waals surface area (Å²) in [7, 11) is 0. The molecule has 5 nitrogen and oxygen atoms in total. The van der Waals surface area contributed by atoms with Crippen molar-refractivity contribution in [3.63, 3.8) is 0 Å². The lowest BCUT2D eigenvalue weighted by Crippen LogP contribution is -2.43. The number of carbonyl (C=O) groups is 3. The van der Waals surface area contributed by atoms with E-state index in [9.17, 15) is 18.8 Å². The fourth-order valence-corrected chi connectivity index (χ4v) is 2.49. The third-order valence-electron chi connectivity index (χ3n) is 3.59. The van der Waals surface area contributed by atoms with Crippen molar-refractivity contribution in [2.75, 3.05) is 6.61 Å². The van der Waals surface area contributed by atoms with Crippen molar-refractivity contribution in [3.8, 4) is 0 Å². The van der Waals surface area contributed by atoms with Gasteiger partial charge in [-0.15, -0.1) is 0 Å². The van der Waals surface area contributed by atoms with E-state index >= 15 is 0 Å². The van der Waals surface area contributed by atoms with Crippen LogP contribution in [-0.2, 0) is 20.7 Å². The Labute approximate surface area is 155 Å². The number of carbonyl (C=O) groups excluding carboxylic acids is 3. The summed E-state index contributed by atoms with van der Waals surface area (Å²) in [5.41, 5.74) is 0.844. The van der Waals surface area contributed by atoms with Gasteiger partial charge in [0.25, 0.3) is 5.91 Å². The Morgan fingerprint density at radius 1 is 1.15 bits per heavy atom. The van der Waals surface area contributed by atoms with Crippen LogP contribution >= 0.6 is 11.6 Å². The standard InChI is InChI=1S/C19H17ClFNO4/c1-12(23)17(9-13-5-3-2-4-6-13)22-18(24)11-26-19(25)15-8-7-14(21)10-16(15)20/h2-8,10,17H,9,11H2,1H3,(H,22,24)/t17-/m1/s1. The van der Waals surface area contributed by atoms with Crippen LogP contribution in [0, 0.1) is 5.82 Å². The van der Waals surface area contributed by atoms with E-state index < -0.39 is 30.3 Å². The highest BCUT2D eigenvalue weighted by molar-refractivity contribution is 6.33. The summed E-state index contributed by atoms with van der Waals surface area (Å²) in [6.45, 7) is 0.795. The molecule has 0 saturated carbocycles. The molecule has 0 fully saturated rings. The lowest BCUT2D eigenvalue weighted by atomic mass is 10.0. The Bertz CT molecular complexity index is 810. The Kier molecular flexibility index (Phi) is 6.86. The zero-order valence-corrected chi connectivity index (χ0v) is 14.8. The molecule has 0 aromatic heterocycles. The van der Waals surface area contributed by atoms with Gasteiger partial charge < -0.3 is 10.1 Å². The molecule has 1 N–H and O–H groups in total. The highest BCUT2D eigenvalue weighted by atomic mass is 35.5. The van der Waals surface area contributed by atoms with Gasteiger partial charge in [0, 0.05) is 0 Å². The maximum atomic E-state index is 13.0. The largest absolute Gasteiger partial charge is 0.452 e. The number of nitrogens with one attached hydrogen (secondary N) is 1. The number of esters is 1. The van der Waals surface area contributed by atoms with Crippen molar-refractivity contribution >= 4 is 29.3 Å². The number of benzene rings is 2. The second kappa shape index (κ2) is 9.10. The van der Waals surface area contributed by atoms with Crippen LogP contribution in [0.1, 0.15) is 22.8 Å². The summed E-state index contributed by atoms with van der Waals surface area (Å²) in [6, 6.07) is 11.7. The summed E-state index contributed by atoms with van der Waals surface area (Å²) in [6.07, 6.45) is 0.333. The number of ketones is 1. The number of amides is 1. The minimum absolute atomic E-state index is 0.0479. The zero-order valence-electron chi connectivity index (χ0n) is 14.0. The Morgan fingerprint density at radius 3 is 2.46 bits per heavy atom. The lowest BCUT2D eigenvalue weighted by molar-refractivity contribution is -0.128. The van der Waals surface area contributed by atoms with E-state index in [1.165, 1.54) is 13.0 Å². The molecule has 0 aliphatic carbocycles. The third-order valence-corrected chi connectivity index (χ3v) is 3.91. The van der Waals surface area contributed by atoms with E-state index in [2.05, 4.69) is 5.32 Å². The topological polar surface area (TPSA) is 72.5 Å². The van der Waals surface area contributed by atoms with Crippen molar-refractivity contribution in [2.24, 2.45) is 0 Å². The van der Waals surface area contributed by atoms with Gasteiger partial charge in [-0.3, -0.25) is 9.59 Å². The van der Waals surface area contributed by atoms with Crippen molar-refractivity contribution < 1.29 is 23.5 Å². The highest BCUT2D eigenvalue weighted by Crippen LogP contribution is 2.18. The molecule has 1 atom stereocenters. The van der Waals surface area contributed by atoms with Crippen LogP contribution in [0.3, 0.4) is 0 Å². The average Bonchev–Trinajstić information content (AvgIpc) is 2.60. The molecule has 0 heterocycles. The Morgan fingerprint density at radius 2 is 1.85 bits per heavy atom. The molecule has 136 valence electrons. The Balaban J connectivity index is 1.91. The molecule has 1 amide bonds. The van der Waals surface area contributed by atoms with E-state index in [4.69, 9.17) is 16.3 Å². The predicted octanol–water partition coefficient (Wildman–Crippen LogP) is 2.95. The molecule has 2 rings (SSSR count). The van der Waals surface area contributed by atoms with E-state index in [0.717, 1.165) is 17.7 Å². The van der Waals surface area contributed by atoms with Crippen LogP contribution < -0.4 is 5.32 Å². The average molecular weight is 378 g/mol. The normalized spacial score (nSPS) is 11.5. The minimum atomic E-state index is -0.854. The molecule has 2 aromatic carbocycles. The van der Waals surface area contributed by atoms with Crippen LogP contribution in [0.5, 0.6) is 0 Å². The maximum absolute atomic E-state index is 13.0. The van der Waals surface area contributed by atoms with Gasteiger partial charge in [-0.2, -0.15) is 0 Å². The SMILES string of the molecule is CC(=O)[C@@H](Cc1ccccc1)NC(=O)COC(=O)c1ccc(F)cc1Cl. The maximum Gasteiger partial charge on any atom is 0.340 e. The number of hydrogen-bond acceptors (Lipinski definition) is 4. The molecule has 0 unspecified atom stereocenters. The molecule has 26 heavy (non-hydrogen) atoms. The quantitative estimate of drug-likeness (QED) is 0.753. The number of halogens is 2. The molecule has 7 heteroatoms. The second-order valence-electron chi connectivity index (χ2n) is 5.62. The number of ether oxygens (including phenoxy) is 1. The molecule has 2 aromatic rings. The third kappa shape index (κ3) is 5.67. The Hall–Kier alpha value is -2.73. The van der Waals surface area contributed by atoms with E-state index in [1.54, 1.807) is 0 Å². The lowest BCUT2D eigenvalue weighted by Gasteiger charge is -2.16. The van der Waals surface area contributed by atoms with Gasteiger partial charge in [0.1, 0.15) is 5.82 Å². The van der Waals surface area contributed by atoms with Crippen LogP contribution in [0.2, 0.25) is 5.02 Å². The fourth-order valence-electron chi connectivity index (χ4n) is 2.25. The first kappa shape index (κ1) is 19.6. The smallest absolute Gasteiger partial charge is 0.340 e. The zero-order chi connectivity index (χ0) is 19.1. The van der Waals surface area contributed by atoms with Crippen molar-refractivity contribution in [2.45, 2.75) is 19.4 Å². The second-order valence-corrected chi connectivity index (χ2v) is 6.03. The summed E-state index contributed by atoms with van der Waals surface area (Å²) < 4.78 is 17.9. The van der Waals surface area contributed by atoms with Gasteiger partial charge >= 0.3 is 5.97 Å². The number of rotatable bonds is 7. The van der Waals surface area contributed by atoms with E-state index in [0.29, 0.717) is 6.42 Å². The van der Waals surface area contributed by atoms with Crippen molar-refractivity contribution in [3.05, 3.63) is 70.5 Å². The first-order chi connectivity index (χ1) is 12.4. The molecular formula is C19H17ClFNO4. The van der Waals surface area contributed by atoms with Crippen LogP contribution in [0.4, 0.5) is 4.39 Å². The minimum Gasteiger partial charge on any atom is -0.452 e. The molecule has 0 radical (unpaired) electrons. The molecule has 0 aliphatic heterocycles. The van der Waals surface area contributed by atoms with Crippen molar-refractivity contribution in [1.82, 2.24) is 5.32 Å².